The third-order valence-corrected chi connectivity index (χ3v) is 4.56. The van der Waals surface area contributed by atoms with E-state index in [0.717, 1.165) is 18.5 Å². The lowest BCUT2D eigenvalue weighted by molar-refractivity contribution is -0.131. The molecule has 21 heavy (non-hydrogen) atoms. The molecule has 2 aromatic carbocycles. The summed E-state index contributed by atoms with van der Waals surface area (Å²) >= 11 is 11.9. The van der Waals surface area contributed by atoms with Crippen molar-refractivity contribution < 1.29 is 4.79 Å². The second-order valence-corrected chi connectivity index (χ2v) is 6.07. The number of halogens is 2. The van der Waals surface area contributed by atoms with Crippen LogP contribution in [0, 0.1) is 0 Å². The Hall–Kier alpha value is -1.51. The Balaban J connectivity index is 1.70. The van der Waals surface area contributed by atoms with Gasteiger partial charge in [0.1, 0.15) is 0 Å². The van der Waals surface area contributed by atoms with Crippen LogP contribution >= 0.6 is 23.2 Å². The molecule has 1 aliphatic rings. The van der Waals surface area contributed by atoms with Gasteiger partial charge in [0, 0.05) is 13.1 Å². The van der Waals surface area contributed by atoms with Gasteiger partial charge in [-0.3, -0.25) is 4.79 Å². The fourth-order valence-electron chi connectivity index (χ4n) is 2.64. The van der Waals surface area contributed by atoms with Crippen molar-refractivity contribution in [3.8, 4) is 0 Å². The molecule has 0 aromatic heterocycles. The van der Waals surface area contributed by atoms with Crippen molar-refractivity contribution in [3.05, 3.63) is 69.2 Å². The molecule has 1 aliphatic heterocycles. The van der Waals surface area contributed by atoms with E-state index < -0.39 is 0 Å². The van der Waals surface area contributed by atoms with Crippen LogP contribution in [0.3, 0.4) is 0 Å². The van der Waals surface area contributed by atoms with Gasteiger partial charge in [0.15, 0.2) is 0 Å². The highest BCUT2D eigenvalue weighted by atomic mass is 35.5. The molecule has 0 bridgehead atoms. The fourth-order valence-corrected chi connectivity index (χ4v) is 2.97. The van der Waals surface area contributed by atoms with Crippen molar-refractivity contribution in [1.29, 1.82) is 0 Å². The Kier molecular flexibility index (Phi) is 4.18. The van der Waals surface area contributed by atoms with Gasteiger partial charge in [0.25, 0.3) is 0 Å². The summed E-state index contributed by atoms with van der Waals surface area (Å²) in [6.07, 6.45) is 1.28. The van der Waals surface area contributed by atoms with Crippen LogP contribution in [-0.2, 0) is 24.2 Å². The number of carbonyl (C=O) groups excluding carboxylic acids is 1. The van der Waals surface area contributed by atoms with Crippen LogP contribution < -0.4 is 0 Å². The highest BCUT2D eigenvalue weighted by Crippen LogP contribution is 2.24. The number of rotatable bonds is 2. The lowest BCUT2D eigenvalue weighted by Gasteiger charge is -2.29. The standard InChI is InChI=1S/C17H15Cl2NO/c18-15-6-5-12(9-16(15)19)10-17(21)20-8-7-13-3-1-2-4-14(13)11-20/h1-6,9H,7-8,10-11H2. The van der Waals surface area contributed by atoms with E-state index in [0.29, 0.717) is 23.0 Å². The summed E-state index contributed by atoms with van der Waals surface area (Å²) in [5, 5.41) is 1.01. The van der Waals surface area contributed by atoms with Gasteiger partial charge < -0.3 is 4.90 Å². The molecule has 0 atom stereocenters. The zero-order chi connectivity index (χ0) is 14.8. The van der Waals surface area contributed by atoms with Gasteiger partial charge >= 0.3 is 0 Å². The Morgan fingerprint density at radius 1 is 1.05 bits per heavy atom. The van der Waals surface area contributed by atoms with E-state index in [-0.39, 0.29) is 5.91 Å². The Bertz CT molecular complexity index is 684. The summed E-state index contributed by atoms with van der Waals surface area (Å²) in [4.78, 5) is 14.3. The van der Waals surface area contributed by atoms with Crippen LogP contribution in [0.4, 0.5) is 0 Å². The lowest BCUT2D eigenvalue weighted by Crippen LogP contribution is -2.36. The predicted octanol–water partition coefficient (Wildman–Crippen LogP) is 4.12. The van der Waals surface area contributed by atoms with Crippen LogP contribution in [0.5, 0.6) is 0 Å². The molecule has 2 aromatic rings. The van der Waals surface area contributed by atoms with Crippen molar-refractivity contribution in [2.75, 3.05) is 6.54 Å². The Morgan fingerprint density at radius 2 is 1.81 bits per heavy atom. The third kappa shape index (κ3) is 3.22. The van der Waals surface area contributed by atoms with Crippen molar-refractivity contribution in [3.63, 3.8) is 0 Å². The molecular formula is C17H15Cl2NO. The van der Waals surface area contributed by atoms with Gasteiger partial charge in [0.05, 0.1) is 16.5 Å². The molecule has 0 radical (unpaired) electrons. The number of carbonyl (C=O) groups is 1. The van der Waals surface area contributed by atoms with Crippen LogP contribution in [0.15, 0.2) is 42.5 Å². The smallest absolute Gasteiger partial charge is 0.227 e. The van der Waals surface area contributed by atoms with Crippen molar-refractivity contribution in [2.45, 2.75) is 19.4 Å². The van der Waals surface area contributed by atoms with E-state index >= 15 is 0 Å². The first-order valence-corrected chi connectivity index (χ1v) is 7.67. The average molecular weight is 320 g/mol. The minimum absolute atomic E-state index is 0.128. The van der Waals surface area contributed by atoms with E-state index in [2.05, 4.69) is 12.1 Å². The van der Waals surface area contributed by atoms with Gasteiger partial charge in [-0.15, -0.1) is 0 Å². The first-order valence-electron chi connectivity index (χ1n) is 6.92. The van der Waals surface area contributed by atoms with Crippen molar-refractivity contribution >= 4 is 29.1 Å². The molecule has 0 aliphatic carbocycles. The molecule has 4 heteroatoms. The fraction of sp³-hybridized carbons (Fsp3) is 0.235. The molecule has 0 unspecified atom stereocenters. The molecule has 0 saturated carbocycles. The van der Waals surface area contributed by atoms with Crippen LogP contribution in [0.1, 0.15) is 16.7 Å². The largest absolute Gasteiger partial charge is 0.338 e. The summed E-state index contributed by atoms with van der Waals surface area (Å²) in [7, 11) is 0. The van der Waals surface area contributed by atoms with Crippen molar-refractivity contribution in [2.24, 2.45) is 0 Å². The molecule has 0 spiro atoms. The Labute approximate surface area is 134 Å². The zero-order valence-corrected chi connectivity index (χ0v) is 13.0. The van der Waals surface area contributed by atoms with E-state index in [1.165, 1.54) is 11.1 Å². The highest BCUT2D eigenvalue weighted by molar-refractivity contribution is 6.42. The maximum Gasteiger partial charge on any atom is 0.227 e. The summed E-state index contributed by atoms with van der Waals surface area (Å²) < 4.78 is 0. The second-order valence-electron chi connectivity index (χ2n) is 5.26. The number of benzene rings is 2. The first-order chi connectivity index (χ1) is 10.1. The minimum Gasteiger partial charge on any atom is -0.338 e. The van der Waals surface area contributed by atoms with E-state index in [1.54, 1.807) is 12.1 Å². The maximum absolute atomic E-state index is 12.4. The minimum atomic E-state index is 0.128. The molecule has 108 valence electrons. The molecule has 1 heterocycles. The number of amides is 1. The molecule has 0 fully saturated rings. The highest BCUT2D eigenvalue weighted by Gasteiger charge is 2.20. The second kappa shape index (κ2) is 6.08. The quantitative estimate of drug-likeness (QED) is 0.815. The molecule has 1 amide bonds. The average Bonchev–Trinajstić information content (AvgIpc) is 2.50. The maximum atomic E-state index is 12.4. The Morgan fingerprint density at radius 3 is 2.57 bits per heavy atom. The molecule has 2 nitrogen and oxygen atoms in total. The SMILES string of the molecule is O=C(Cc1ccc(Cl)c(Cl)c1)N1CCc2ccccc2C1. The normalized spacial score (nSPS) is 13.9. The van der Waals surface area contributed by atoms with Crippen LogP contribution in [0.25, 0.3) is 0 Å². The third-order valence-electron chi connectivity index (χ3n) is 3.82. The van der Waals surface area contributed by atoms with Gasteiger partial charge in [-0.05, 0) is 35.2 Å². The van der Waals surface area contributed by atoms with Crippen LogP contribution in [-0.4, -0.2) is 17.4 Å². The number of hydrogen-bond donors (Lipinski definition) is 0. The predicted molar refractivity (Wildman–Crippen MR) is 85.7 cm³/mol. The number of nitrogens with zero attached hydrogens (tertiary/aromatic N) is 1. The van der Waals surface area contributed by atoms with Gasteiger partial charge in [-0.25, -0.2) is 0 Å². The van der Waals surface area contributed by atoms with Gasteiger partial charge in [0.2, 0.25) is 5.91 Å². The molecule has 0 saturated heterocycles. The topological polar surface area (TPSA) is 20.3 Å². The van der Waals surface area contributed by atoms with Gasteiger partial charge in [-0.1, -0.05) is 53.5 Å². The number of hydrogen-bond acceptors (Lipinski definition) is 1. The van der Waals surface area contributed by atoms with E-state index in [4.69, 9.17) is 23.2 Å². The summed E-state index contributed by atoms with van der Waals surface area (Å²) in [6.45, 7) is 1.47. The number of fused-ring (bicyclic) bond motifs is 1. The van der Waals surface area contributed by atoms with E-state index in [1.807, 2.05) is 23.1 Å². The molecule has 0 N–H and O–H groups in total. The van der Waals surface area contributed by atoms with Crippen molar-refractivity contribution in [1.82, 2.24) is 4.90 Å². The van der Waals surface area contributed by atoms with E-state index in [9.17, 15) is 4.79 Å². The summed E-state index contributed by atoms with van der Waals surface area (Å²) in [5.74, 6) is 0.128. The molecular weight excluding hydrogens is 305 g/mol. The monoisotopic (exact) mass is 319 g/mol. The van der Waals surface area contributed by atoms with Crippen LogP contribution in [0.2, 0.25) is 10.0 Å². The molecule has 3 rings (SSSR count). The zero-order valence-electron chi connectivity index (χ0n) is 11.5. The summed E-state index contributed by atoms with van der Waals surface area (Å²) in [6, 6.07) is 13.6. The van der Waals surface area contributed by atoms with Gasteiger partial charge in [-0.2, -0.15) is 0 Å². The first kappa shape index (κ1) is 14.4. The summed E-state index contributed by atoms with van der Waals surface area (Å²) in [5.41, 5.74) is 3.48. The lowest BCUT2D eigenvalue weighted by atomic mass is 9.99.